The zero-order valence-corrected chi connectivity index (χ0v) is 7.94. The Morgan fingerprint density at radius 3 is 2.92 bits per heavy atom. The Hall–Kier alpha value is -1.06. The molecule has 1 rings (SSSR count). The fraction of sp³-hybridized carbons (Fsp3) is 0.778. The summed E-state index contributed by atoms with van der Waals surface area (Å²) in [5.41, 5.74) is 0. The maximum absolute atomic E-state index is 11.2. The standard InChI is InChI=1S/C9H15N3O/c1-2-3-4-5-6-8-9(13)7-10-12-11-8/h7-8H,2-6H2,1H3. The van der Waals surface area contributed by atoms with E-state index in [1.165, 1.54) is 25.5 Å². The number of hydrogen-bond donors (Lipinski definition) is 0. The van der Waals surface area contributed by atoms with E-state index in [0.29, 0.717) is 0 Å². The summed E-state index contributed by atoms with van der Waals surface area (Å²) in [6.45, 7) is 2.16. The van der Waals surface area contributed by atoms with E-state index >= 15 is 0 Å². The lowest BCUT2D eigenvalue weighted by Gasteiger charge is -2.07. The highest BCUT2D eigenvalue weighted by Crippen LogP contribution is 2.10. The summed E-state index contributed by atoms with van der Waals surface area (Å²) in [6.07, 6.45) is 6.74. The molecule has 0 saturated carbocycles. The summed E-state index contributed by atoms with van der Waals surface area (Å²) in [6, 6.07) is -0.255. The second-order valence-electron chi connectivity index (χ2n) is 3.22. The first-order chi connectivity index (χ1) is 6.34. The minimum atomic E-state index is -0.255. The van der Waals surface area contributed by atoms with Crippen molar-refractivity contribution >= 4 is 12.0 Å². The van der Waals surface area contributed by atoms with Crippen molar-refractivity contribution in [2.75, 3.05) is 0 Å². The molecule has 1 aliphatic rings. The highest BCUT2D eigenvalue weighted by Gasteiger charge is 2.17. The highest BCUT2D eigenvalue weighted by molar-refractivity contribution is 6.30. The lowest BCUT2D eigenvalue weighted by molar-refractivity contribution is -0.114. The van der Waals surface area contributed by atoms with E-state index in [0.717, 1.165) is 12.8 Å². The molecule has 4 heteroatoms. The van der Waals surface area contributed by atoms with Crippen molar-refractivity contribution in [1.82, 2.24) is 0 Å². The molecule has 0 aliphatic carbocycles. The number of carbonyl (C=O) groups excluding carboxylic acids is 1. The third-order valence-electron chi connectivity index (χ3n) is 2.09. The van der Waals surface area contributed by atoms with Gasteiger partial charge in [0.25, 0.3) is 0 Å². The molecule has 0 spiro atoms. The Labute approximate surface area is 78.1 Å². The highest BCUT2D eigenvalue weighted by atomic mass is 16.1. The summed E-state index contributed by atoms with van der Waals surface area (Å²) in [5, 5.41) is 10.7. The van der Waals surface area contributed by atoms with E-state index in [1.54, 1.807) is 0 Å². The topological polar surface area (TPSA) is 54.1 Å². The van der Waals surface area contributed by atoms with Gasteiger partial charge in [0, 0.05) is 0 Å². The van der Waals surface area contributed by atoms with Crippen LogP contribution in [-0.4, -0.2) is 18.0 Å². The van der Waals surface area contributed by atoms with Gasteiger partial charge in [-0.3, -0.25) is 4.79 Å². The van der Waals surface area contributed by atoms with Gasteiger partial charge in [0.05, 0.1) is 6.21 Å². The predicted octanol–water partition coefficient (Wildman–Crippen LogP) is 2.35. The van der Waals surface area contributed by atoms with Crippen LogP contribution in [0.4, 0.5) is 0 Å². The van der Waals surface area contributed by atoms with Gasteiger partial charge in [-0.1, -0.05) is 32.6 Å². The van der Waals surface area contributed by atoms with Gasteiger partial charge in [0.15, 0.2) is 0 Å². The fourth-order valence-electron chi connectivity index (χ4n) is 1.28. The van der Waals surface area contributed by atoms with Gasteiger partial charge in [-0.05, 0) is 11.6 Å². The van der Waals surface area contributed by atoms with Crippen LogP contribution in [0, 0.1) is 0 Å². The van der Waals surface area contributed by atoms with Gasteiger partial charge in [-0.15, -0.1) is 5.10 Å². The van der Waals surface area contributed by atoms with E-state index in [4.69, 9.17) is 0 Å². The van der Waals surface area contributed by atoms with Crippen LogP contribution in [0.2, 0.25) is 0 Å². The monoisotopic (exact) mass is 181 g/mol. The first kappa shape index (κ1) is 10.0. The van der Waals surface area contributed by atoms with Gasteiger partial charge in [-0.25, -0.2) is 0 Å². The Morgan fingerprint density at radius 1 is 1.38 bits per heavy atom. The van der Waals surface area contributed by atoms with E-state index in [2.05, 4.69) is 22.4 Å². The quantitative estimate of drug-likeness (QED) is 0.600. The Balaban J connectivity index is 2.18. The Bertz CT molecular complexity index is 223. The Kier molecular flexibility index (Phi) is 4.29. The van der Waals surface area contributed by atoms with Crippen molar-refractivity contribution < 1.29 is 4.79 Å². The van der Waals surface area contributed by atoms with Crippen molar-refractivity contribution in [3.63, 3.8) is 0 Å². The molecule has 0 saturated heterocycles. The van der Waals surface area contributed by atoms with Crippen molar-refractivity contribution in [3.05, 3.63) is 0 Å². The molecule has 13 heavy (non-hydrogen) atoms. The fourth-order valence-corrected chi connectivity index (χ4v) is 1.28. The molecule has 0 fully saturated rings. The first-order valence-electron chi connectivity index (χ1n) is 4.81. The molecule has 1 heterocycles. The molecule has 0 aromatic rings. The normalized spacial score (nSPS) is 21.0. The molecular formula is C9H15N3O. The van der Waals surface area contributed by atoms with Crippen molar-refractivity contribution in [3.8, 4) is 0 Å². The molecule has 1 atom stereocenters. The van der Waals surface area contributed by atoms with Crippen LogP contribution in [0.25, 0.3) is 0 Å². The zero-order chi connectivity index (χ0) is 9.52. The van der Waals surface area contributed by atoms with E-state index in [1.807, 2.05) is 0 Å². The van der Waals surface area contributed by atoms with Crippen LogP contribution in [-0.2, 0) is 4.79 Å². The van der Waals surface area contributed by atoms with Crippen molar-refractivity contribution in [1.29, 1.82) is 0 Å². The van der Waals surface area contributed by atoms with Crippen LogP contribution in [0.15, 0.2) is 15.4 Å². The average molecular weight is 181 g/mol. The molecule has 4 nitrogen and oxygen atoms in total. The maximum Gasteiger partial charge on any atom is 0.202 e. The summed E-state index contributed by atoms with van der Waals surface area (Å²) >= 11 is 0. The van der Waals surface area contributed by atoms with E-state index in [-0.39, 0.29) is 11.8 Å². The van der Waals surface area contributed by atoms with Crippen molar-refractivity contribution in [2.24, 2.45) is 15.4 Å². The molecule has 1 unspecified atom stereocenters. The second-order valence-corrected chi connectivity index (χ2v) is 3.22. The molecule has 0 aromatic heterocycles. The largest absolute Gasteiger partial charge is 0.291 e. The summed E-state index contributed by atoms with van der Waals surface area (Å²) in [5.74, 6) is -0.00787. The lowest BCUT2D eigenvalue weighted by Crippen LogP contribution is -2.21. The molecule has 0 radical (unpaired) electrons. The van der Waals surface area contributed by atoms with Crippen LogP contribution in [0.1, 0.15) is 39.0 Å². The number of ketones is 1. The first-order valence-corrected chi connectivity index (χ1v) is 4.81. The molecule has 1 aliphatic heterocycles. The Morgan fingerprint density at radius 2 is 2.23 bits per heavy atom. The molecule has 72 valence electrons. The number of Topliss-reactive ketones (excluding diaryl/α,β-unsaturated/α-hetero) is 1. The number of hydrogen-bond acceptors (Lipinski definition) is 4. The lowest BCUT2D eigenvalue weighted by atomic mass is 10.1. The molecule has 0 aromatic carbocycles. The summed E-state index contributed by atoms with van der Waals surface area (Å²) < 4.78 is 0. The third kappa shape index (κ3) is 3.44. The van der Waals surface area contributed by atoms with Gasteiger partial charge in [-0.2, -0.15) is 5.11 Å². The van der Waals surface area contributed by atoms with Crippen LogP contribution >= 0.6 is 0 Å². The number of nitrogens with zero attached hydrogens (tertiary/aromatic N) is 3. The number of rotatable bonds is 5. The maximum atomic E-state index is 11.2. The average Bonchev–Trinajstić information content (AvgIpc) is 2.15. The number of unbranched alkanes of at least 4 members (excludes halogenated alkanes) is 3. The minimum Gasteiger partial charge on any atom is -0.291 e. The van der Waals surface area contributed by atoms with Crippen LogP contribution in [0.5, 0.6) is 0 Å². The summed E-state index contributed by atoms with van der Waals surface area (Å²) in [7, 11) is 0. The van der Waals surface area contributed by atoms with Crippen LogP contribution < -0.4 is 0 Å². The SMILES string of the molecule is CCCCCCC1N=NN=CC1=O. The molecular weight excluding hydrogens is 166 g/mol. The molecule has 0 amide bonds. The third-order valence-corrected chi connectivity index (χ3v) is 2.09. The molecule has 0 N–H and O–H groups in total. The van der Waals surface area contributed by atoms with Crippen molar-refractivity contribution in [2.45, 2.75) is 45.1 Å². The minimum absolute atomic E-state index is 0.00787. The van der Waals surface area contributed by atoms with Crippen LogP contribution in [0.3, 0.4) is 0 Å². The molecule has 0 bridgehead atoms. The van der Waals surface area contributed by atoms with Gasteiger partial charge >= 0.3 is 0 Å². The predicted molar refractivity (Wildman–Crippen MR) is 50.9 cm³/mol. The summed E-state index contributed by atoms with van der Waals surface area (Å²) in [4.78, 5) is 11.2. The second kappa shape index (κ2) is 5.56. The van der Waals surface area contributed by atoms with Gasteiger partial charge in [0.1, 0.15) is 6.04 Å². The smallest absolute Gasteiger partial charge is 0.202 e. The van der Waals surface area contributed by atoms with E-state index < -0.39 is 0 Å². The van der Waals surface area contributed by atoms with Gasteiger partial charge in [0.2, 0.25) is 5.78 Å². The van der Waals surface area contributed by atoms with E-state index in [9.17, 15) is 4.79 Å². The van der Waals surface area contributed by atoms with Gasteiger partial charge < -0.3 is 0 Å². The number of carbonyl (C=O) groups is 1. The zero-order valence-electron chi connectivity index (χ0n) is 7.94.